The van der Waals surface area contributed by atoms with Gasteiger partial charge >= 0.3 is 0 Å². The largest absolute Gasteiger partial charge is 0.497 e. The van der Waals surface area contributed by atoms with Crippen molar-refractivity contribution in [2.75, 3.05) is 7.11 Å². The molecule has 1 aliphatic carbocycles. The molecule has 0 bridgehead atoms. The number of hydrogen-bond acceptors (Lipinski definition) is 2. The van der Waals surface area contributed by atoms with Gasteiger partial charge in [0.1, 0.15) is 5.75 Å². The Labute approximate surface area is 153 Å². The first kappa shape index (κ1) is 16.1. The summed E-state index contributed by atoms with van der Waals surface area (Å²) in [6.07, 6.45) is 2.00. The molecule has 0 aliphatic heterocycles. The van der Waals surface area contributed by atoms with E-state index in [0.29, 0.717) is 0 Å². The number of hydrogen-bond donors (Lipinski definition) is 0. The van der Waals surface area contributed by atoms with Crippen LogP contribution < -0.4 is 4.74 Å². The summed E-state index contributed by atoms with van der Waals surface area (Å²) >= 11 is 0. The van der Waals surface area contributed by atoms with Gasteiger partial charge in [-0.3, -0.25) is 4.79 Å². The fourth-order valence-electron chi connectivity index (χ4n) is 3.26. The molecule has 4 rings (SSSR count). The number of carbonyl (C=O) groups is 1. The Kier molecular flexibility index (Phi) is 4.24. The lowest BCUT2D eigenvalue weighted by molar-refractivity contribution is -0.108. The van der Waals surface area contributed by atoms with Gasteiger partial charge < -0.3 is 4.74 Å². The first-order valence-corrected chi connectivity index (χ1v) is 8.54. The smallest absolute Gasteiger partial charge is 0.194 e. The number of ether oxygens (including phenoxy) is 1. The highest BCUT2D eigenvalue weighted by Crippen LogP contribution is 2.40. The van der Waals surface area contributed by atoms with Crippen molar-refractivity contribution in [3.05, 3.63) is 108 Å². The molecule has 1 aliphatic rings. The molecule has 3 aromatic carbocycles. The Morgan fingerprint density at radius 1 is 0.654 bits per heavy atom. The van der Waals surface area contributed by atoms with Crippen LogP contribution in [0.3, 0.4) is 0 Å². The maximum Gasteiger partial charge on any atom is 0.194 e. The minimum absolute atomic E-state index is 0.0632. The topological polar surface area (TPSA) is 26.3 Å². The van der Waals surface area contributed by atoms with Crippen molar-refractivity contribution in [1.29, 1.82) is 0 Å². The van der Waals surface area contributed by atoms with Gasteiger partial charge in [0.25, 0.3) is 0 Å². The highest BCUT2D eigenvalue weighted by molar-refractivity contribution is 6.51. The number of methoxy groups -OCH3 is 1. The van der Waals surface area contributed by atoms with Crippen molar-refractivity contribution in [3.63, 3.8) is 0 Å². The molecule has 0 heterocycles. The Bertz CT molecular complexity index is 995. The number of benzene rings is 3. The second kappa shape index (κ2) is 6.85. The third kappa shape index (κ3) is 2.86. The number of Topliss-reactive ketones (excluding diaryl/α,β-unsaturated/α-hetero) is 1. The van der Waals surface area contributed by atoms with Crippen LogP contribution in [0.4, 0.5) is 0 Å². The summed E-state index contributed by atoms with van der Waals surface area (Å²) in [5.74, 6) is 0.861. The molecule has 0 aromatic heterocycles. The van der Waals surface area contributed by atoms with E-state index in [1.54, 1.807) is 7.11 Å². The molecule has 0 spiro atoms. The van der Waals surface area contributed by atoms with Crippen molar-refractivity contribution >= 4 is 22.5 Å². The summed E-state index contributed by atoms with van der Waals surface area (Å²) in [5.41, 5.74) is 5.30. The minimum atomic E-state index is 0.0632. The highest BCUT2D eigenvalue weighted by atomic mass is 16.5. The third-order valence-corrected chi connectivity index (χ3v) is 4.58. The summed E-state index contributed by atoms with van der Waals surface area (Å²) in [4.78, 5) is 13.3. The number of allylic oxidation sites excluding steroid dienone is 4. The first-order valence-electron chi connectivity index (χ1n) is 8.54. The van der Waals surface area contributed by atoms with E-state index in [1.807, 2.05) is 91.0 Å². The summed E-state index contributed by atoms with van der Waals surface area (Å²) in [6.45, 7) is 0. The van der Waals surface area contributed by atoms with E-state index in [0.717, 1.165) is 39.2 Å². The molecule has 2 heteroatoms. The van der Waals surface area contributed by atoms with Crippen molar-refractivity contribution in [2.24, 2.45) is 0 Å². The van der Waals surface area contributed by atoms with E-state index in [-0.39, 0.29) is 5.78 Å². The van der Waals surface area contributed by atoms with Gasteiger partial charge in [0, 0.05) is 11.1 Å². The Balaban J connectivity index is 1.87. The van der Waals surface area contributed by atoms with Crippen molar-refractivity contribution in [1.82, 2.24) is 0 Å². The molecule has 0 amide bonds. The average molecular weight is 338 g/mol. The molecule has 2 nitrogen and oxygen atoms in total. The monoisotopic (exact) mass is 338 g/mol. The van der Waals surface area contributed by atoms with Gasteiger partial charge in [-0.25, -0.2) is 0 Å². The van der Waals surface area contributed by atoms with Crippen LogP contribution in [0.25, 0.3) is 16.7 Å². The Morgan fingerprint density at radius 2 is 1.23 bits per heavy atom. The van der Waals surface area contributed by atoms with Crippen molar-refractivity contribution in [2.45, 2.75) is 0 Å². The van der Waals surface area contributed by atoms with Gasteiger partial charge in [-0.05, 0) is 40.5 Å². The van der Waals surface area contributed by atoms with Crippen LogP contribution >= 0.6 is 0 Å². The number of ketones is 1. The van der Waals surface area contributed by atoms with E-state index in [9.17, 15) is 4.79 Å². The molecule has 26 heavy (non-hydrogen) atoms. The minimum Gasteiger partial charge on any atom is -0.497 e. The second-order valence-corrected chi connectivity index (χ2v) is 6.14. The Morgan fingerprint density at radius 3 is 1.81 bits per heavy atom. The lowest BCUT2D eigenvalue weighted by Crippen LogP contribution is -2.01. The molecule has 0 radical (unpaired) electrons. The predicted molar refractivity (Wildman–Crippen MR) is 106 cm³/mol. The van der Waals surface area contributed by atoms with Gasteiger partial charge in [0.2, 0.25) is 0 Å². The van der Waals surface area contributed by atoms with Crippen LogP contribution in [0.2, 0.25) is 0 Å². The van der Waals surface area contributed by atoms with Crippen molar-refractivity contribution < 1.29 is 9.53 Å². The molecule has 3 aromatic rings. The summed E-state index contributed by atoms with van der Waals surface area (Å²) in [5, 5.41) is 0. The van der Waals surface area contributed by atoms with Crippen LogP contribution in [0, 0.1) is 0 Å². The fraction of sp³-hybridized carbons (Fsp3) is 0.0417. The maximum atomic E-state index is 13.3. The van der Waals surface area contributed by atoms with Crippen molar-refractivity contribution in [3.8, 4) is 5.75 Å². The van der Waals surface area contributed by atoms with Crippen LogP contribution in [0.1, 0.15) is 16.7 Å². The molecular weight excluding hydrogens is 320 g/mol. The van der Waals surface area contributed by atoms with Crippen LogP contribution in [-0.4, -0.2) is 12.9 Å². The second-order valence-electron chi connectivity index (χ2n) is 6.14. The van der Waals surface area contributed by atoms with Gasteiger partial charge in [-0.15, -0.1) is 0 Å². The Hall–Kier alpha value is -3.39. The van der Waals surface area contributed by atoms with E-state index in [4.69, 9.17) is 4.74 Å². The molecule has 0 N–H and O–H groups in total. The molecular formula is C24H18O2. The SMILES string of the molecule is COc1ccc(C2=C(c3ccccc3)C(=O)C(c3ccccc3)=C2)cc1. The van der Waals surface area contributed by atoms with Gasteiger partial charge in [-0.2, -0.15) is 0 Å². The molecule has 0 unspecified atom stereocenters. The average Bonchev–Trinajstić information content (AvgIpc) is 3.06. The van der Waals surface area contributed by atoms with Crippen LogP contribution in [-0.2, 0) is 4.79 Å². The molecule has 0 saturated carbocycles. The first-order chi connectivity index (χ1) is 12.8. The molecule has 0 saturated heterocycles. The van der Waals surface area contributed by atoms with E-state index in [1.165, 1.54) is 0 Å². The lowest BCUT2D eigenvalue weighted by atomic mass is 9.95. The van der Waals surface area contributed by atoms with Crippen LogP contribution in [0.15, 0.2) is 91.0 Å². The zero-order chi connectivity index (χ0) is 17.9. The third-order valence-electron chi connectivity index (χ3n) is 4.58. The van der Waals surface area contributed by atoms with Gasteiger partial charge in [0.15, 0.2) is 5.78 Å². The van der Waals surface area contributed by atoms with Gasteiger partial charge in [-0.1, -0.05) is 72.8 Å². The molecule has 0 fully saturated rings. The fourth-order valence-corrected chi connectivity index (χ4v) is 3.26. The highest BCUT2D eigenvalue weighted by Gasteiger charge is 2.28. The zero-order valence-electron chi connectivity index (χ0n) is 14.5. The number of carbonyl (C=O) groups excluding carboxylic acids is 1. The molecule has 0 atom stereocenters. The zero-order valence-corrected chi connectivity index (χ0v) is 14.5. The maximum absolute atomic E-state index is 13.3. The number of rotatable bonds is 4. The van der Waals surface area contributed by atoms with Gasteiger partial charge in [0.05, 0.1) is 7.11 Å². The van der Waals surface area contributed by atoms with Crippen LogP contribution in [0.5, 0.6) is 5.75 Å². The van der Waals surface area contributed by atoms with E-state index in [2.05, 4.69) is 0 Å². The van der Waals surface area contributed by atoms with E-state index < -0.39 is 0 Å². The predicted octanol–water partition coefficient (Wildman–Crippen LogP) is 5.27. The van der Waals surface area contributed by atoms with E-state index >= 15 is 0 Å². The standard InChI is InChI=1S/C24H18O2/c1-26-20-14-12-18(13-15-20)21-16-22(17-8-4-2-5-9-17)24(25)23(21)19-10-6-3-7-11-19/h2-16H,1H3. The normalized spacial score (nSPS) is 13.7. The quantitative estimate of drug-likeness (QED) is 0.647. The summed E-state index contributed by atoms with van der Waals surface area (Å²) in [7, 11) is 1.65. The summed E-state index contributed by atoms with van der Waals surface area (Å²) < 4.78 is 5.26. The molecule has 126 valence electrons. The summed E-state index contributed by atoms with van der Waals surface area (Å²) in [6, 6.07) is 27.5. The lowest BCUT2D eigenvalue weighted by Gasteiger charge is -2.08.